The number of ketones is 1. The van der Waals surface area contributed by atoms with E-state index in [1.54, 1.807) is 26.4 Å². The van der Waals surface area contributed by atoms with Crippen LogP contribution >= 0.6 is 0 Å². The number of hydrogen-bond acceptors (Lipinski definition) is 5. The van der Waals surface area contributed by atoms with Gasteiger partial charge in [0.25, 0.3) is 0 Å². The van der Waals surface area contributed by atoms with E-state index in [4.69, 9.17) is 4.74 Å². The van der Waals surface area contributed by atoms with Crippen molar-refractivity contribution in [3.63, 3.8) is 0 Å². The minimum Gasteiger partial charge on any atom is -0.497 e. The number of carbonyl (C=O) groups is 3. The molecule has 2 heterocycles. The van der Waals surface area contributed by atoms with E-state index in [2.05, 4.69) is 20.6 Å². The highest BCUT2D eigenvalue weighted by molar-refractivity contribution is 6.04. The molecule has 4 aromatic rings. The summed E-state index contributed by atoms with van der Waals surface area (Å²) in [5.74, 6) is 0.337. The van der Waals surface area contributed by atoms with E-state index in [1.165, 1.54) is 0 Å². The van der Waals surface area contributed by atoms with Crippen LogP contribution in [0, 0.1) is 6.92 Å². The lowest BCUT2D eigenvalue weighted by molar-refractivity contribution is -0.126. The number of carbonyl (C=O) groups excluding carboxylic acids is 3. The third-order valence-electron chi connectivity index (χ3n) is 6.76. The van der Waals surface area contributed by atoms with E-state index >= 15 is 0 Å². The summed E-state index contributed by atoms with van der Waals surface area (Å²) in [4.78, 5) is 45.5. The number of aromatic amines is 1. The number of Topliss-reactive ketones (excluding diaryl/α,β-unsaturated/α-hetero) is 1. The molecule has 1 unspecified atom stereocenters. The molecule has 0 bridgehead atoms. The third kappa shape index (κ3) is 6.56. The number of H-pyrrole nitrogens is 1. The molecule has 2 aromatic heterocycles. The summed E-state index contributed by atoms with van der Waals surface area (Å²) in [5, 5.41) is 8.65. The van der Waals surface area contributed by atoms with Crippen LogP contribution in [-0.2, 0) is 20.8 Å². The number of amides is 2. The number of aryl methyl sites for hydroxylation is 1. The zero-order chi connectivity index (χ0) is 27.1. The van der Waals surface area contributed by atoms with Gasteiger partial charge in [0, 0.05) is 40.0 Å². The first-order valence-corrected chi connectivity index (χ1v) is 12.9. The molecule has 0 spiro atoms. The van der Waals surface area contributed by atoms with Gasteiger partial charge in [-0.2, -0.15) is 0 Å². The Kier molecular flexibility index (Phi) is 8.73. The van der Waals surface area contributed by atoms with Crippen LogP contribution in [0.5, 0.6) is 5.75 Å². The number of nitrogens with one attached hydrogen (secondary N) is 3. The molecule has 0 saturated carbocycles. The van der Waals surface area contributed by atoms with Crippen LogP contribution in [0.15, 0.2) is 54.9 Å². The number of rotatable bonds is 12. The molecule has 0 radical (unpaired) electrons. The molecule has 1 atom stereocenters. The van der Waals surface area contributed by atoms with Crippen molar-refractivity contribution in [1.82, 2.24) is 15.3 Å². The van der Waals surface area contributed by atoms with Gasteiger partial charge >= 0.3 is 0 Å². The second-order valence-electron chi connectivity index (χ2n) is 9.64. The lowest BCUT2D eigenvalue weighted by atomic mass is 10.0. The van der Waals surface area contributed by atoms with E-state index < -0.39 is 6.04 Å². The Morgan fingerprint density at radius 1 is 1.03 bits per heavy atom. The molecule has 0 saturated heterocycles. The van der Waals surface area contributed by atoms with Crippen LogP contribution in [0.1, 0.15) is 50.3 Å². The van der Waals surface area contributed by atoms with Gasteiger partial charge in [0.05, 0.1) is 25.4 Å². The van der Waals surface area contributed by atoms with E-state index in [1.807, 2.05) is 49.4 Å². The Bertz CT molecular complexity index is 1450. The van der Waals surface area contributed by atoms with Gasteiger partial charge in [-0.25, -0.2) is 0 Å². The van der Waals surface area contributed by atoms with Gasteiger partial charge in [0.1, 0.15) is 17.6 Å². The SMILES string of the molecule is COc1ccc2[nH]c(C)c(CC(=O)NC(CCCCCC(C)=O)C(=O)Nc3cncc4ccccc34)c2c1. The molecule has 3 N–H and O–H groups in total. The summed E-state index contributed by atoms with van der Waals surface area (Å²) in [7, 11) is 1.61. The number of nitrogens with zero attached hydrogens (tertiary/aromatic N) is 1. The number of unbranched alkanes of at least 4 members (excludes halogenated alkanes) is 2. The highest BCUT2D eigenvalue weighted by Gasteiger charge is 2.23. The van der Waals surface area contributed by atoms with Crippen molar-refractivity contribution in [3.8, 4) is 5.75 Å². The van der Waals surface area contributed by atoms with Crippen molar-refractivity contribution in [1.29, 1.82) is 0 Å². The maximum Gasteiger partial charge on any atom is 0.247 e. The smallest absolute Gasteiger partial charge is 0.247 e. The molecule has 0 aliphatic carbocycles. The number of hydrogen-bond donors (Lipinski definition) is 3. The van der Waals surface area contributed by atoms with E-state index in [-0.39, 0.29) is 24.0 Å². The molecule has 8 heteroatoms. The van der Waals surface area contributed by atoms with Crippen molar-refractivity contribution in [2.75, 3.05) is 12.4 Å². The second kappa shape index (κ2) is 12.4. The average Bonchev–Trinajstić information content (AvgIpc) is 3.21. The lowest BCUT2D eigenvalue weighted by Crippen LogP contribution is -2.44. The van der Waals surface area contributed by atoms with E-state index in [0.29, 0.717) is 30.7 Å². The quantitative estimate of drug-likeness (QED) is 0.224. The van der Waals surface area contributed by atoms with Crippen LogP contribution in [0.3, 0.4) is 0 Å². The standard InChI is InChI=1S/C30H34N4O4/c1-19(35)9-5-4-6-12-27(30(37)34-28-18-31-17-21-10-7-8-11-23(21)28)33-29(36)16-24-20(2)32-26-14-13-22(38-3)15-25(24)26/h7-8,10-11,13-15,17-18,27,32H,4-6,9,12,16H2,1-3H3,(H,33,36)(H,34,37). The average molecular weight is 515 g/mol. The monoisotopic (exact) mass is 514 g/mol. The number of benzene rings is 2. The van der Waals surface area contributed by atoms with Crippen LogP contribution in [0.25, 0.3) is 21.7 Å². The molecule has 198 valence electrons. The fourth-order valence-electron chi connectivity index (χ4n) is 4.73. The van der Waals surface area contributed by atoms with Crippen LogP contribution < -0.4 is 15.4 Å². The van der Waals surface area contributed by atoms with Crippen molar-refractivity contribution in [2.45, 2.75) is 58.4 Å². The van der Waals surface area contributed by atoms with Crippen molar-refractivity contribution in [3.05, 3.63) is 66.1 Å². The lowest BCUT2D eigenvalue weighted by Gasteiger charge is -2.19. The summed E-state index contributed by atoms with van der Waals surface area (Å²) in [6.07, 6.45) is 6.76. The van der Waals surface area contributed by atoms with Crippen molar-refractivity contribution >= 4 is 45.0 Å². The van der Waals surface area contributed by atoms with Crippen LogP contribution in [0.4, 0.5) is 5.69 Å². The largest absolute Gasteiger partial charge is 0.497 e. The molecule has 2 amide bonds. The molecular formula is C30H34N4O4. The zero-order valence-electron chi connectivity index (χ0n) is 22.1. The van der Waals surface area contributed by atoms with Gasteiger partial charge in [-0.05, 0) is 50.5 Å². The Morgan fingerprint density at radius 2 is 1.84 bits per heavy atom. The molecule has 0 aliphatic rings. The van der Waals surface area contributed by atoms with E-state index in [9.17, 15) is 14.4 Å². The first kappa shape index (κ1) is 26.9. The Morgan fingerprint density at radius 3 is 2.63 bits per heavy atom. The van der Waals surface area contributed by atoms with Gasteiger partial charge in [0.15, 0.2) is 0 Å². The number of methoxy groups -OCH3 is 1. The normalized spacial score (nSPS) is 11.9. The minimum absolute atomic E-state index is 0.128. The molecular weight excluding hydrogens is 480 g/mol. The number of pyridine rings is 1. The maximum absolute atomic E-state index is 13.4. The van der Waals surface area contributed by atoms with Crippen molar-refractivity contribution in [2.24, 2.45) is 0 Å². The van der Waals surface area contributed by atoms with Gasteiger partial charge in [-0.15, -0.1) is 0 Å². The zero-order valence-corrected chi connectivity index (χ0v) is 22.1. The predicted molar refractivity (Wildman–Crippen MR) is 149 cm³/mol. The molecule has 0 fully saturated rings. The fourth-order valence-corrected chi connectivity index (χ4v) is 4.73. The molecule has 0 aliphatic heterocycles. The maximum atomic E-state index is 13.4. The summed E-state index contributed by atoms with van der Waals surface area (Å²) in [6.45, 7) is 3.51. The number of fused-ring (bicyclic) bond motifs is 2. The van der Waals surface area contributed by atoms with Crippen LogP contribution in [0.2, 0.25) is 0 Å². The number of anilines is 1. The van der Waals surface area contributed by atoms with Gasteiger partial charge in [-0.1, -0.05) is 37.1 Å². The summed E-state index contributed by atoms with van der Waals surface area (Å²) in [5.41, 5.74) is 3.29. The molecule has 2 aromatic carbocycles. The predicted octanol–water partition coefficient (Wildman–Crippen LogP) is 5.24. The Hall–Kier alpha value is -4.20. The van der Waals surface area contributed by atoms with Gasteiger partial charge in [0.2, 0.25) is 11.8 Å². The highest BCUT2D eigenvalue weighted by Crippen LogP contribution is 2.27. The van der Waals surface area contributed by atoms with Gasteiger partial charge in [-0.3, -0.25) is 14.6 Å². The van der Waals surface area contributed by atoms with Crippen molar-refractivity contribution < 1.29 is 19.1 Å². The molecule has 38 heavy (non-hydrogen) atoms. The summed E-state index contributed by atoms with van der Waals surface area (Å²) >= 11 is 0. The third-order valence-corrected chi connectivity index (χ3v) is 6.76. The second-order valence-corrected chi connectivity index (χ2v) is 9.64. The topological polar surface area (TPSA) is 113 Å². The summed E-state index contributed by atoms with van der Waals surface area (Å²) < 4.78 is 5.36. The van der Waals surface area contributed by atoms with E-state index in [0.717, 1.165) is 45.8 Å². The first-order valence-electron chi connectivity index (χ1n) is 12.9. The number of ether oxygens (including phenoxy) is 1. The Labute approximate surface area is 222 Å². The van der Waals surface area contributed by atoms with Crippen LogP contribution in [-0.4, -0.2) is 40.7 Å². The minimum atomic E-state index is -0.723. The highest BCUT2D eigenvalue weighted by atomic mass is 16.5. The number of aromatic nitrogens is 2. The first-order chi connectivity index (χ1) is 18.4. The van der Waals surface area contributed by atoms with Gasteiger partial charge < -0.3 is 25.1 Å². The Balaban J connectivity index is 1.50. The fraction of sp³-hybridized carbons (Fsp3) is 0.333. The molecule has 4 rings (SSSR count). The molecule has 8 nitrogen and oxygen atoms in total. The summed E-state index contributed by atoms with van der Waals surface area (Å²) in [6, 6.07) is 12.7.